The third-order valence-corrected chi connectivity index (χ3v) is 5.73. The third-order valence-electron chi connectivity index (χ3n) is 3.88. The molecule has 1 N–H and O–H groups in total. The molecule has 1 amide bonds. The Hall–Kier alpha value is -1.99. The fourth-order valence-corrected chi connectivity index (χ4v) is 4.59. The van der Waals surface area contributed by atoms with Crippen molar-refractivity contribution in [2.24, 2.45) is 5.92 Å². The minimum atomic E-state index is -3.31. The summed E-state index contributed by atoms with van der Waals surface area (Å²) in [7, 11) is -3.31. The highest BCUT2D eigenvalue weighted by molar-refractivity contribution is 7.90. The van der Waals surface area contributed by atoms with Crippen LogP contribution in [0.5, 0.6) is 0 Å². The minimum Gasteiger partial charge on any atom is -0.286 e. The number of aromatic nitrogens is 1. The molecule has 0 aliphatic heterocycles. The van der Waals surface area contributed by atoms with Gasteiger partial charge >= 0.3 is 0 Å². The van der Waals surface area contributed by atoms with Crippen LogP contribution < -0.4 is 0 Å². The smallest absolute Gasteiger partial charge is 0.233 e. The molecular formula is C17H22N2O4S. The van der Waals surface area contributed by atoms with Crippen molar-refractivity contribution in [3.63, 3.8) is 0 Å². The first-order chi connectivity index (χ1) is 11.3. The predicted molar refractivity (Wildman–Crippen MR) is 92.2 cm³/mol. The van der Waals surface area contributed by atoms with E-state index in [1.54, 1.807) is 20.0 Å². The van der Waals surface area contributed by atoms with E-state index < -0.39 is 15.9 Å². The van der Waals surface area contributed by atoms with Crippen LogP contribution in [0.1, 0.15) is 25.8 Å². The number of fused-ring (bicyclic) bond motifs is 1. The highest BCUT2D eigenvalue weighted by Gasteiger charge is 2.20. The number of para-hydroxylation sites is 1. The van der Waals surface area contributed by atoms with Crippen LogP contribution in [0.3, 0.4) is 0 Å². The highest BCUT2D eigenvalue weighted by atomic mass is 32.2. The molecule has 2 aromatic rings. The van der Waals surface area contributed by atoms with Crippen LogP contribution in [0.15, 0.2) is 36.5 Å². The predicted octanol–water partition coefficient (Wildman–Crippen LogP) is 2.41. The van der Waals surface area contributed by atoms with E-state index in [2.05, 4.69) is 4.98 Å². The largest absolute Gasteiger partial charge is 0.286 e. The Labute approximate surface area is 142 Å². The maximum absolute atomic E-state index is 12.4. The van der Waals surface area contributed by atoms with Gasteiger partial charge in [0.25, 0.3) is 0 Å². The van der Waals surface area contributed by atoms with Gasteiger partial charge in [-0.1, -0.05) is 25.1 Å². The van der Waals surface area contributed by atoms with Crippen molar-refractivity contribution < 1.29 is 18.4 Å². The van der Waals surface area contributed by atoms with Crippen LogP contribution in [0, 0.1) is 5.92 Å². The van der Waals surface area contributed by atoms with Crippen LogP contribution in [-0.2, 0) is 20.4 Å². The monoisotopic (exact) mass is 350 g/mol. The van der Waals surface area contributed by atoms with Crippen molar-refractivity contribution in [2.75, 3.05) is 5.75 Å². The lowest BCUT2D eigenvalue weighted by molar-refractivity contribution is -0.159. The standard InChI is InChI=1S/C17H22N2O4S/c1-13(7-14(2)19(21)12-20)10-24(22,23)11-15-8-16-5-3-4-6-17(16)18-9-15/h3-6,8-9,12-14,21H,7,10-11H2,1-2H3. The van der Waals surface area contributed by atoms with Gasteiger partial charge in [0.05, 0.1) is 23.1 Å². The van der Waals surface area contributed by atoms with Crippen molar-refractivity contribution in [2.45, 2.75) is 32.1 Å². The summed E-state index contributed by atoms with van der Waals surface area (Å²) in [5, 5.41) is 10.8. The van der Waals surface area contributed by atoms with Gasteiger partial charge in [-0.25, -0.2) is 13.5 Å². The summed E-state index contributed by atoms with van der Waals surface area (Å²) in [6, 6.07) is 8.98. The molecule has 0 radical (unpaired) electrons. The van der Waals surface area contributed by atoms with E-state index in [9.17, 15) is 18.4 Å². The molecule has 0 saturated heterocycles. The molecule has 0 aliphatic carbocycles. The Morgan fingerprint density at radius 1 is 1.29 bits per heavy atom. The topological polar surface area (TPSA) is 87.6 Å². The van der Waals surface area contributed by atoms with Crippen LogP contribution in [0.25, 0.3) is 10.9 Å². The summed E-state index contributed by atoms with van der Waals surface area (Å²) in [5.41, 5.74) is 1.49. The van der Waals surface area contributed by atoms with Crippen molar-refractivity contribution in [1.29, 1.82) is 0 Å². The first-order valence-electron chi connectivity index (χ1n) is 7.77. The average molecular weight is 350 g/mol. The Balaban J connectivity index is 2.02. The molecule has 130 valence electrons. The summed E-state index contributed by atoms with van der Waals surface area (Å²) < 4.78 is 24.8. The van der Waals surface area contributed by atoms with Crippen LogP contribution in [-0.4, -0.2) is 41.9 Å². The number of carbonyl (C=O) groups is 1. The van der Waals surface area contributed by atoms with Gasteiger partial charge in [-0.05, 0) is 37.0 Å². The van der Waals surface area contributed by atoms with Gasteiger partial charge in [-0.3, -0.25) is 15.0 Å². The second kappa shape index (κ2) is 7.72. The number of hydroxylamine groups is 2. The van der Waals surface area contributed by atoms with E-state index in [-0.39, 0.29) is 17.4 Å². The van der Waals surface area contributed by atoms with Gasteiger partial charge in [-0.15, -0.1) is 0 Å². The summed E-state index contributed by atoms with van der Waals surface area (Å²) >= 11 is 0. The zero-order chi connectivity index (χ0) is 17.7. The molecule has 0 saturated carbocycles. The highest BCUT2D eigenvalue weighted by Crippen LogP contribution is 2.18. The fourth-order valence-electron chi connectivity index (χ4n) is 2.80. The molecule has 2 atom stereocenters. The number of benzene rings is 1. The van der Waals surface area contributed by atoms with Gasteiger partial charge in [0, 0.05) is 11.6 Å². The van der Waals surface area contributed by atoms with Gasteiger partial charge in [0.2, 0.25) is 6.41 Å². The quantitative estimate of drug-likeness (QED) is 0.449. The molecule has 2 rings (SSSR count). The summed E-state index contributed by atoms with van der Waals surface area (Å²) in [4.78, 5) is 14.8. The van der Waals surface area contributed by atoms with Gasteiger partial charge < -0.3 is 0 Å². The number of hydrogen-bond donors (Lipinski definition) is 1. The molecule has 7 heteroatoms. The Morgan fingerprint density at radius 3 is 2.71 bits per heavy atom. The number of nitrogens with zero attached hydrogens (tertiary/aromatic N) is 2. The third kappa shape index (κ3) is 5.01. The minimum absolute atomic E-state index is 0.00311. The first-order valence-corrected chi connectivity index (χ1v) is 9.59. The molecule has 0 spiro atoms. The van der Waals surface area contributed by atoms with Gasteiger partial charge in [0.1, 0.15) is 0 Å². The number of amides is 1. The summed E-state index contributed by atoms with van der Waals surface area (Å²) in [5.74, 6) is -0.246. The van der Waals surface area contributed by atoms with Crippen LogP contribution in [0.2, 0.25) is 0 Å². The molecule has 0 fully saturated rings. The van der Waals surface area contributed by atoms with Crippen molar-refractivity contribution in [3.05, 3.63) is 42.1 Å². The lowest BCUT2D eigenvalue weighted by Gasteiger charge is -2.21. The van der Waals surface area contributed by atoms with E-state index in [0.29, 0.717) is 23.5 Å². The Morgan fingerprint density at radius 2 is 2.00 bits per heavy atom. The van der Waals surface area contributed by atoms with E-state index in [4.69, 9.17) is 0 Å². The Kier molecular flexibility index (Phi) is 5.90. The molecular weight excluding hydrogens is 328 g/mol. The second-order valence-electron chi connectivity index (χ2n) is 6.27. The van der Waals surface area contributed by atoms with Crippen molar-refractivity contribution in [1.82, 2.24) is 10.0 Å². The second-order valence-corrected chi connectivity index (χ2v) is 8.38. The molecule has 6 nitrogen and oxygen atoms in total. The van der Waals surface area contributed by atoms with E-state index >= 15 is 0 Å². The lowest BCUT2D eigenvalue weighted by atomic mass is 10.1. The fraction of sp³-hybridized carbons (Fsp3) is 0.412. The molecule has 24 heavy (non-hydrogen) atoms. The Bertz CT molecular complexity index is 807. The SMILES string of the molecule is CC(CC(C)N(O)C=O)CS(=O)(=O)Cc1cnc2ccccc2c1. The van der Waals surface area contributed by atoms with Gasteiger partial charge in [-0.2, -0.15) is 0 Å². The summed E-state index contributed by atoms with van der Waals surface area (Å²) in [6.07, 6.45) is 2.33. The number of sulfone groups is 1. The maximum atomic E-state index is 12.4. The average Bonchev–Trinajstić information content (AvgIpc) is 2.52. The van der Waals surface area contributed by atoms with Crippen molar-refractivity contribution >= 4 is 27.2 Å². The lowest BCUT2D eigenvalue weighted by Crippen LogP contribution is -2.31. The van der Waals surface area contributed by atoms with Crippen LogP contribution >= 0.6 is 0 Å². The molecule has 1 aromatic heterocycles. The zero-order valence-electron chi connectivity index (χ0n) is 13.8. The molecule has 1 heterocycles. The molecule has 2 unspecified atom stereocenters. The number of hydrogen-bond acceptors (Lipinski definition) is 5. The number of carbonyl (C=O) groups excluding carboxylic acids is 1. The maximum Gasteiger partial charge on any atom is 0.233 e. The normalized spacial score (nSPS) is 14.3. The molecule has 0 aliphatic rings. The van der Waals surface area contributed by atoms with Crippen LogP contribution in [0.4, 0.5) is 0 Å². The number of rotatable bonds is 8. The van der Waals surface area contributed by atoms with Gasteiger partial charge in [0.15, 0.2) is 9.84 Å². The molecule has 1 aromatic carbocycles. The summed E-state index contributed by atoms with van der Waals surface area (Å²) in [6.45, 7) is 3.47. The molecule has 0 bridgehead atoms. The van der Waals surface area contributed by atoms with Crippen molar-refractivity contribution in [3.8, 4) is 0 Å². The van der Waals surface area contributed by atoms with E-state index in [0.717, 1.165) is 10.9 Å². The van der Waals surface area contributed by atoms with E-state index in [1.807, 2.05) is 30.3 Å². The first kappa shape index (κ1) is 18.4. The zero-order valence-corrected chi connectivity index (χ0v) is 14.6. The number of pyridine rings is 1. The van der Waals surface area contributed by atoms with E-state index in [1.165, 1.54) is 0 Å².